The Balaban J connectivity index is 1.93. The van der Waals surface area contributed by atoms with Gasteiger partial charge in [0.05, 0.1) is 5.69 Å². The minimum Gasteiger partial charge on any atom is -0.346 e. The van der Waals surface area contributed by atoms with Gasteiger partial charge in [0.25, 0.3) is 0 Å². The number of aromatic nitrogens is 3. The molecule has 0 bridgehead atoms. The number of rotatable bonds is 2. The number of pyridine rings is 2. The summed E-state index contributed by atoms with van der Waals surface area (Å²) in [5.41, 5.74) is 7.44. The normalized spacial score (nSPS) is 11.1. The van der Waals surface area contributed by atoms with Gasteiger partial charge in [0.1, 0.15) is 10.8 Å². The number of benzene rings is 1. The SMILES string of the molecule is Cc1cccc(-c2cc(-c3c[nH]c4ncccc34)cc(Cl)n2)c1C. The molecular formula is C20H16ClN3. The molecule has 0 saturated carbocycles. The van der Waals surface area contributed by atoms with Crippen molar-refractivity contribution in [3.63, 3.8) is 0 Å². The zero-order valence-corrected chi connectivity index (χ0v) is 14.2. The van der Waals surface area contributed by atoms with Crippen molar-refractivity contribution in [1.29, 1.82) is 0 Å². The van der Waals surface area contributed by atoms with E-state index in [9.17, 15) is 0 Å². The highest BCUT2D eigenvalue weighted by atomic mass is 35.5. The first-order valence-corrected chi connectivity index (χ1v) is 8.18. The predicted molar refractivity (Wildman–Crippen MR) is 99.2 cm³/mol. The van der Waals surface area contributed by atoms with Crippen molar-refractivity contribution in [1.82, 2.24) is 15.0 Å². The molecule has 0 aliphatic rings. The number of hydrogen-bond donors (Lipinski definition) is 1. The number of nitrogens with zero attached hydrogens (tertiary/aromatic N) is 2. The minimum atomic E-state index is 0.488. The Morgan fingerprint density at radius 2 is 1.88 bits per heavy atom. The summed E-state index contributed by atoms with van der Waals surface area (Å²) in [6.07, 6.45) is 3.75. The standard InChI is InChI=1S/C20H16ClN3/c1-12-5-3-6-15(13(12)2)18-9-14(10-19(21)24-18)17-11-23-20-16(17)7-4-8-22-20/h3-11H,1-2H3,(H,22,23). The summed E-state index contributed by atoms with van der Waals surface area (Å²) in [5, 5.41) is 1.56. The van der Waals surface area contributed by atoms with Crippen LogP contribution < -0.4 is 0 Å². The van der Waals surface area contributed by atoms with Crippen LogP contribution in [-0.2, 0) is 0 Å². The average Bonchev–Trinajstić information content (AvgIpc) is 3.01. The summed E-state index contributed by atoms with van der Waals surface area (Å²) in [6.45, 7) is 4.22. The fourth-order valence-electron chi connectivity index (χ4n) is 3.01. The molecule has 24 heavy (non-hydrogen) atoms. The van der Waals surface area contributed by atoms with Crippen molar-refractivity contribution in [2.45, 2.75) is 13.8 Å². The molecule has 1 N–H and O–H groups in total. The lowest BCUT2D eigenvalue weighted by atomic mass is 9.98. The number of nitrogens with one attached hydrogen (secondary N) is 1. The van der Waals surface area contributed by atoms with E-state index in [-0.39, 0.29) is 0 Å². The van der Waals surface area contributed by atoms with Gasteiger partial charge in [-0.25, -0.2) is 9.97 Å². The Bertz CT molecular complexity index is 1050. The van der Waals surface area contributed by atoms with Crippen LogP contribution >= 0.6 is 11.6 Å². The van der Waals surface area contributed by atoms with Crippen LogP contribution in [0.15, 0.2) is 54.9 Å². The van der Waals surface area contributed by atoms with Gasteiger partial charge in [0.2, 0.25) is 0 Å². The second-order valence-electron chi connectivity index (χ2n) is 5.91. The average molecular weight is 334 g/mol. The van der Waals surface area contributed by atoms with E-state index in [1.54, 1.807) is 6.20 Å². The van der Waals surface area contributed by atoms with Crippen molar-refractivity contribution >= 4 is 22.6 Å². The lowest BCUT2D eigenvalue weighted by molar-refractivity contribution is 1.28. The Labute approximate surface area is 145 Å². The van der Waals surface area contributed by atoms with Gasteiger partial charge in [0, 0.05) is 28.9 Å². The highest BCUT2D eigenvalue weighted by Crippen LogP contribution is 2.33. The molecule has 0 aliphatic carbocycles. The zero-order chi connectivity index (χ0) is 16.7. The zero-order valence-electron chi connectivity index (χ0n) is 13.5. The van der Waals surface area contributed by atoms with E-state index >= 15 is 0 Å². The van der Waals surface area contributed by atoms with Crippen molar-refractivity contribution < 1.29 is 0 Å². The maximum Gasteiger partial charge on any atom is 0.137 e. The topological polar surface area (TPSA) is 41.6 Å². The van der Waals surface area contributed by atoms with Gasteiger partial charge in [-0.15, -0.1) is 0 Å². The van der Waals surface area contributed by atoms with Gasteiger partial charge >= 0.3 is 0 Å². The first kappa shape index (κ1) is 14.9. The van der Waals surface area contributed by atoms with Crippen LogP contribution in [0, 0.1) is 13.8 Å². The van der Waals surface area contributed by atoms with Crippen molar-refractivity contribution in [3.05, 3.63) is 71.1 Å². The molecule has 3 heterocycles. The monoisotopic (exact) mass is 333 g/mol. The summed E-state index contributed by atoms with van der Waals surface area (Å²) in [7, 11) is 0. The van der Waals surface area contributed by atoms with Gasteiger partial charge < -0.3 is 4.98 Å². The molecular weight excluding hydrogens is 318 g/mol. The predicted octanol–water partition coefficient (Wildman–Crippen LogP) is 5.56. The lowest BCUT2D eigenvalue weighted by Crippen LogP contribution is -1.91. The summed E-state index contributed by atoms with van der Waals surface area (Å²) in [5.74, 6) is 0. The first-order chi connectivity index (χ1) is 11.6. The molecule has 0 saturated heterocycles. The van der Waals surface area contributed by atoms with Gasteiger partial charge in [-0.2, -0.15) is 0 Å². The van der Waals surface area contributed by atoms with Crippen molar-refractivity contribution in [2.75, 3.05) is 0 Å². The molecule has 0 atom stereocenters. The summed E-state index contributed by atoms with van der Waals surface area (Å²) < 4.78 is 0. The van der Waals surface area contributed by atoms with Gasteiger partial charge in [-0.05, 0) is 54.8 Å². The van der Waals surface area contributed by atoms with E-state index in [4.69, 9.17) is 11.6 Å². The number of aromatic amines is 1. The van der Waals surface area contributed by atoms with E-state index < -0.39 is 0 Å². The van der Waals surface area contributed by atoms with Crippen LogP contribution in [-0.4, -0.2) is 15.0 Å². The Morgan fingerprint density at radius 1 is 1.00 bits per heavy atom. The molecule has 118 valence electrons. The largest absolute Gasteiger partial charge is 0.346 e. The van der Waals surface area contributed by atoms with E-state index in [1.807, 2.05) is 18.3 Å². The van der Waals surface area contributed by atoms with E-state index in [0.29, 0.717) is 5.15 Å². The highest BCUT2D eigenvalue weighted by Gasteiger charge is 2.12. The van der Waals surface area contributed by atoms with Gasteiger partial charge in [0.15, 0.2) is 0 Å². The molecule has 4 heteroatoms. The maximum atomic E-state index is 6.32. The van der Waals surface area contributed by atoms with E-state index in [1.165, 1.54) is 11.1 Å². The molecule has 0 radical (unpaired) electrons. The summed E-state index contributed by atoms with van der Waals surface area (Å²) >= 11 is 6.32. The van der Waals surface area contributed by atoms with E-state index in [2.05, 4.69) is 59.1 Å². The molecule has 4 rings (SSSR count). The molecule has 0 aliphatic heterocycles. The first-order valence-electron chi connectivity index (χ1n) is 7.80. The second-order valence-corrected chi connectivity index (χ2v) is 6.30. The summed E-state index contributed by atoms with van der Waals surface area (Å²) in [4.78, 5) is 12.1. The summed E-state index contributed by atoms with van der Waals surface area (Å²) in [6, 6.07) is 14.2. The minimum absolute atomic E-state index is 0.488. The van der Waals surface area contributed by atoms with Crippen LogP contribution in [0.5, 0.6) is 0 Å². The third kappa shape index (κ3) is 2.47. The third-order valence-electron chi connectivity index (χ3n) is 4.44. The number of fused-ring (bicyclic) bond motifs is 1. The van der Waals surface area contributed by atoms with Gasteiger partial charge in [-0.3, -0.25) is 0 Å². The van der Waals surface area contributed by atoms with Crippen LogP contribution in [0.2, 0.25) is 5.15 Å². The molecule has 3 aromatic heterocycles. The smallest absolute Gasteiger partial charge is 0.137 e. The van der Waals surface area contributed by atoms with Crippen molar-refractivity contribution in [3.8, 4) is 22.4 Å². The highest BCUT2D eigenvalue weighted by molar-refractivity contribution is 6.29. The molecule has 0 fully saturated rings. The van der Waals surface area contributed by atoms with Crippen LogP contribution in [0.3, 0.4) is 0 Å². The third-order valence-corrected chi connectivity index (χ3v) is 4.63. The van der Waals surface area contributed by atoms with Crippen LogP contribution in [0.4, 0.5) is 0 Å². The Morgan fingerprint density at radius 3 is 2.75 bits per heavy atom. The fraction of sp³-hybridized carbons (Fsp3) is 0.100. The molecule has 0 spiro atoms. The lowest BCUT2D eigenvalue weighted by Gasteiger charge is -2.10. The molecule has 1 aromatic carbocycles. The van der Waals surface area contributed by atoms with E-state index in [0.717, 1.165) is 33.4 Å². The number of halogens is 1. The number of hydrogen-bond acceptors (Lipinski definition) is 2. The van der Waals surface area contributed by atoms with Crippen LogP contribution in [0.25, 0.3) is 33.4 Å². The molecule has 0 amide bonds. The molecule has 4 aromatic rings. The fourth-order valence-corrected chi connectivity index (χ4v) is 3.22. The second kappa shape index (κ2) is 5.77. The Kier molecular flexibility index (Phi) is 3.58. The molecule has 3 nitrogen and oxygen atoms in total. The quantitative estimate of drug-likeness (QED) is 0.488. The number of H-pyrrole nitrogens is 1. The van der Waals surface area contributed by atoms with Crippen LogP contribution in [0.1, 0.15) is 11.1 Å². The molecule has 0 unspecified atom stereocenters. The Hall–Kier alpha value is -2.65. The number of aryl methyl sites for hydroxylation is 1. The van der Waals surface area contributed by atoms with Crippen molar-refractivity contribution in [2.24, 2.45) is 0 Å². The maximum absolute atomic E-state index is 6.32. The van der Waals surface area contributed by atoms with Gasteiger partial charge in [-0.1, -0.05) is 29.8 Å².